The van der Waals surface area contributed by atoms with Gasteiger partial charge in [-0.15, -0.1) is 0 Å². The lowest BCUT2D eigenvalue weighted by Gasteiger charge is -2.18. The van der Waals surface area contributed by atoms with Crippen molar-refractivity contribution in [2.75, 3.05) is 26.4 Å². The molecular weight excluding hydrogens is 496 g/mol. The number of ether oxygens (including phenoxy) is 4. The van der Waals surface area contributed by atoms with Gasteiger partial charge in [-0.1, -0.05) is 105 Å². The molecule has 0 amide bonds. The number of unbranched alkanes of at least 4 members (excludes halogenated alkanes) is 12. The Labute approximate surface area is 246 Å². The van der Waals surface area contributed by atoms with E-state index in [2.05, 4.69) is 52.0 Å². The van der Waals surface area contributed by atoms with Crippen molar-refractivity contribution in [1.82, 2.24) is 0 Å². The van der Waals surface area contributed by atoms with E-state index in [1.165, 1.54) is 77.0 Å². The smallest absolute Gasteiger partial charge is 0.127 e. The highest BCUT2D eigenvalue weighted by atomic mass is 16.5. The van der Waals surface area contributed by atoms with E-state index in [0.717, 1.165) is 73.0 Å². The molecule has 2 aromatic rings. The van der Waals surface area contributed by atoms with Crippen LogP contribution in [0, 0.1) is 0 Å². The Bertz CT molecular complexity index is 821. The molecule has 0 aliphatic rings. The van der Waals surface area contributed by atoms with Crippen LogP contribution in [0.5, 0.6) is 23.0 Å². The first-order valence-electron chi connectivity index (χ1n) is 16.5. The zero-order valence-electron chi connectivity index (χ0n) is 26.2. The second-order valence-corrected chi connectivity index (χ2v) is 11.0. The number of hydrogen-bond acceptors (Lipinski definition) is 4. The molecular formula is C36H58O4. The van der Waals surface area contributed by atoms with Gasteiger partial charge in [0.25, 0.3) is 0 Å². The second kappa shape index (κ2) is 22.3. The third-order valence-electron chi connectivity index (χ3n) is 7.24. The Morgan fingerprint density at radius 3 is 1.02 bits per heavy atom. The van der Waals surface area contributed by atoms with E-state index in [0.29, 0.717) is 13.2 Å². The van der Waals surface area contributed by atoms with E-state index in [4.69, 9.17) is 18.9 Å². The number of benzene rings is 2. The number of hydrogen-bond donors (Lipinski definition) is 0. The molecule has 0 atom stereocenters. The topological polar surface area (TPSA) is 36.9 Å². The minimum absolute atomic E-state index is 0.713. The first-order chi connectivity index (χ1) is 19.7. The lowest BCUT2D eigenvalue weighted by atomic mass is 10.0. The van der Waals surface area contributed by atoms with Gasteiger partial charge in [-0.2, -0.15) is 0 Å². The van der Waals surface area contributed by atoms with Gasteiger partial charge in [-0.3, -0.25) is 0 Å². The summed E-state index contributed by atoms with van der Waals surface area (Å²) in [5.74, 6) is 3.52. The zero-order valence-corrected chi connectivity index (χ0v) is 26.2. The molecule has 0 heterocycles. The van der Waals surface area contributed by atoms with Crippen molar-refractivity contribution >= 4 is 0 Å². The van der Waals surface area contributed by atoms with Crippen LogP contribution in [0.1, 0.15) is 130 Å². The number of rotatable bonds is 25. The zero-order chi connectivity index (χ0) is 28.7. The van der Waals surface area contributed by atoms with Gasteiger partial charge < -0.3 is 18.9 Å². The average molecular weight is 555 g/mol. The van der Waals surface area contributed by atoms with Crippen LogP contribution in [-0.2, 0) is 0 Å². The predicted molar refractivity (Wildman–Crippen MR) is 170 cm³/mol. The van der Waals surface area contributed by atoms with Crippen LogP contribution in [0.3, 0.4) is 0 Å². The van der Waals surface area contributed by atoms with Crippen molar-refractivity contribution in [2.24, 2.45) is 0 Å². The summed E-state index contributed by atoms with van der Waals surface area (Å²) < 4.78 is 25.1. The summed E-state index contributed by atoms with van der Waals surface area (Å²) in [6, 6.07) is 12.5. The van der Waals surface area contributed by atoms with Gasteiger partial charge in [0.15, 0.2) is 0 Å². The Balaban J connectivity index is 2.30. The molecule has 4 heteroatoms. The van der Waals surface area contributed by atoms with Crippen molar-refractivity contribution in [3.05, 3.63) is 36.4 Å². The van der Waals surface area contributed by atoms with E-state index >= 15 is 0 Å². The fourth-order valence-electron chi connectivity index (χ4n) is 4.73. The van der Waals surface area contributed by atoms with Crippen molar-refractivity contribution in [1.29, 1.82) is 0 Å². The minimum atomic E-state index is 0.713. The fourth-order valence-corrected chi connectivity index (χ4v) is 4.73. The van der Waals surface area contributed by atoms with Crippen LogP contribution in [0.4, 0.5) is 0 Å². The maximum atomic E-state index is 6.38. The van der Waals surface area contributed by atoms with Gasteiger partial charge in [-0.25, -0.2) is 0 Å². The largest absolute Gasteiger partial charge is 0.494 e. The van der Waals surface area contributed by atoms with Gasteiger partial charge in [0.05, 0.1) is 26.4 Å². The molecule has 0 bridgehead atoms. The van der Waals surface area contributed by atoms with E-state index in [1.807, 2.05) is 12.1 Å². The van der Waals surface area contributed by atoms with Crippen LogP contribution in [0.2, 0.25) is 0 Å². The molecule has 4 nitrogen and oxygen atoms in total. The summed E-state index contributed by atoms with van der Waals surface area (Å²) in [6.07, 6.45) is 19.0. The first kappa shape index (κ1) is 33.8. The fraction of sp³-hybridized carbons (Fsp3) is 0.667. The average Bonchev–Trinajstić information content (AvgIpc) is 2.97. The van der Waals surface area contributed by atoms with Gasteiger partial charge in [0.1, 0.15) is 23.0 Å². The lowest BCUT2D eigenvalue weighted by molar-refractivity contribution is 0.294. The van der Waals surface area contributed by atoms with Crippen LogP contribution >= 0.6 is 0 Å². The maximum absolute atomic E-state index is 6.38. The molecule has 0 unspecified atom stereocenters. The predicted octanol–water partition coefficient (Wildman–Crippen LogP) is 11.2. The SMILES string of the molecule is CCCCCCOc1ccc(OCCCCCC)c(-c2cc(OCCCCCC)ccc2OCCCCCC)c1. The Kier molecular flexibility index (Phi) is 18.9. The summed E-state index contributed by atoms with van der Waals surface area (Å²) in [5.41, 5.74) is 2.03. The third-order valence-corrected chi connectivity index (χ3v) is 7.24. The van der Waals surface area contributed by atoms with Crippen molar-refractivity contribution in [2.45, 2.75) is 130 Å². The van der Waals surface area contributed by atoms with Crippen molar-refractivity contribution in [3.63, 3.8) is 0 Å². The minimum Gasteiger partial charge on any atom is -0.494 e. The monoisotopic (exact) mass is 554 g/mol. The van der Waals surface area contributed by atoms with Gasteiger partial charge in [0.2, 0.25) is 0 Å². The quantitative estimate of drug-likeness (QED) is 0.114. The molecule has 0 saturated heterocycles. The third kappa shape index (κ3) is 13.8. The highest BCUT2D eigenvalue weighted by Gasteiger charge is 2.16. The Morgan fingerprint density at radius 2 is 0.700 bits per heavy atom. The molecule has 0 aliphatic carbocycles. The highest BCUT2D eigenvalue weighted by Crippen LogP contribution is 2.41. The molecule has 0 spiro atoms. The summed E-state index contributed by atoms with van der Waals surface area (Å²) >= 11 is 0. The molecule has 0 N–H and O–H groups in total. The first-order valence-corrected chi connectivity index (χ1v) is 16.5. The molecule has 2 aromatic carbocycles. The molecule has 0 fully saturated rings. The van der Waals surface area contributed by atoms with Crippen LogP contribution in [-0.4, -0.2) is 26.4 Å². The summed E-state index contributed by atoms with van der Waals surface area (Å²) in [5, 5.41) is 0. The standard InChI is InChI=1S/C36H58O4/c1-5-9-13-17-25-37-31-21-23-35(39-27-19-15-11-7-3)33(29-31)34-30-32(38-26-18-14-10-6-2)22-24-36(34)40-28-20-16-12-8-4/h21-24,29-30H,5-20,25-28H2,1-4H3. The lowest BCUT2D eigenvalue weighted by Crippen LogP contribution is -2.04. The molecule has 0 aliphatic heterocycles. The highest BCUT2D eigenvalue weighted by molar-refractivity contribution is 5.78. The van der Waals surface area contributed by atoms with Crippen LogP contribution in [0.25, 0.3) is 11.1 Å². The Morgan fingerprint density at radius 1 is 0.375 bits per heavy atom. The molecule has 0 aromatic heterocycles. The molecule has 0 saturated carbocycles. The van der Waals surface area contributed by atoms with E-state index < -0.39 is 0 Å². The molecule has 0 radical (unpaired) electrons. The molecule has 40 heavy (non-hydrogen) atoms. The van der Waals surface area contributed by atoms with Crippen molar-refractivity contribution in [3.8, 4) is 34.1 Å². The van der Waals surface area contributed by atoms with E-state index in [-0.39, 0.29) is 0 Å². The van der Waals surface area contributed by atoms with Crippen LogP contribution < -0.4 is 18.9 Å². The Hall–Kier alpha value is -2.36. The summed E-state index contributed by atoms with van der Waals surface area (Å²) in [6.45, 7) is 11.8. The van der Waals surface area contributed by atoms with E-state index in [9.17, 15) is 0 Å². The van der Waals surface area contributed by atoms with E-state index in [1.54, 1.807) is 0 Å². The molecule has 226 valence electrons. The second-order valence-electron chi connectivity index (χ2n) is 11.0. The summed E-state index contributed by atoms with van der Waals surface area (Å²) in [7, 11) is 0. The van der Waals surface area contributed by atoms with Crippen LogP contribution in [0.15, 0.2) is 36.4 Å². The van der Waals surface area contributed by atoms with Gasteiger partial charge in [0, 0.05) is 11.1 Å². The molecule has 2 rings (SSSR count). The van der Waals surface area contributed by atoms with Gasteiger partial charge >= 0.3 is 0 Å². The maximum Gasteiger partial charge on any atom is 0.127 e. The normalized spacial score (nSPS) is 11.0. The summed E-state index contributed by atoms with van der Waals surface area (Å²) in [4.78, 5) is 0. The van der Waals surface area contributed by atoms with Crippen molar-refractivity contribution < 1.29 is 18.9 Å². The van der Waals surface area contributed by atoms with Gasteiger partial charge in [-0.05, 0) is 62.1 Å².